The monoisotopic (exact) mass is 337 g/mol. The van der Waals surface area contributed by atoms with E-state index in [4.69, 9.17) is 4.98 Å². The topological polar surface area (TPSA) is 33.6 Å². The number of para-hydroxylation sites is 1. The van der Waals surface area contributed by atoms with E-state index < -0.39 is 0 Å². The normalized spacial score (nSPS) is 11.4. The molecule has 0 aliphatic rings. The molecule has 0 unspecified atom stereocenters. The summed E-state index contributed by atoms with van der Waals surface area (Å²) in [6.07, 6.45) is 2.21. The first kappa shape index (κ1) is 15.0. The van der Waals surface area contributed by atoms with Crippen molar-refractivity contribution in [2.45, 2.75) is 13.5 Å². The molecular formula is C23H19N3. The van der Waals surface area contributed by atoms with E-state index in [2.05, 4.69) is 95.5 Å². The summed E-state index contributed by atoms with van der Waals surface area (Å²) in [6, 6.07) is 25.4. The van der Waals surface area contributed by atoms with Crippen LogP contribution in [0.15, 0.2) is 79.0 Å². The lowest BCUT2D eigenvalue weighted by Crippen LogP contribution is -1.97. The van der Waals surface area contributed by atoms with E-state index in [0.29, 0.717) is 0 Å². The predicted molar refractivity (Wildman–Crippen MR) is 107 cm³/mol. The molecule has 5 aromatic rings. The van der Waals surface area contributed by atoms with Gasteiger partial charge in [-0.25, -0.2) is 4.98 Å². The highest BCUT2D eigenvalue weighted by Gasteiger charge is 2.13. The Labute approximate surface area is 151 Å². The molecule has 26 heavy (non-hydrogen) atoms. The summed E-state index contributed by atoms with van der Waals surface area (Å²) in [7, 11) is 0. The third-order valence-corrected chi connectivity index (χ3v) is 4.88. The van der Waals surface area contributed by atoms with Gasteiger partial charge in [0, 0.05) is 29.2 Å². The Morgan fingerprint density at radius 2 is 1.73 bits per heavy atom. The molecule has 3 heteroatoms. The van der Waals surface area contributed by atoms with Gasteiger partial charge >= 0.3 is 0 Å². The van der Waals surface area contributed by atoms with Crippen molar-refractivity contribution < 1.29 is 0 Å². The number of imidazole rings is 1. The van der Waals surface area contributed by atoms with Crippen molar-refractivity contribution in [1.82, 2.24) is 14.5 Å². The van der Waals surface area contributed by atoms with Crippen molar-refractivity contribution in [2.75, 3.05) is 0 Å². The first-order valence-corrected chi connectivity index (χ1v) is 8.86. The third-order valence-electron chi connectivity index (χ3n) is 4.88. The lowest BCUT2D eigenvalue weighted by atomic mass is 10.1. The maximum Gasteiger partial charge on any atom is 0.140 e. The van der Waals surface area contributed by atoms with Crippen molar-refractivity contribution in [3.05, 3.63) is 90.1 Å². The van der Waals surface area contributed by atoms with Crippen LogP contribution in [0.1, 0.15) is 11.1 Å². The van der Waals surface area contributed by atoms with E-state index >= 15 is 0 Å². The summed E-state index contributed by atoms with van der Waals surface area (Å²) < 4.78 is 2.30. The lowest BCUT2D eigenvalue weighted by Gasteiger charge is -2.05. The Balaban J connectivity index is 1.67. The van der Waals surface area contributed by atoms with Crippen molar-refractivity contribution in [3.63, 3.8) is 0 Å². The Morgan fingerprint density at radius 1 is 0.923 bits per heavy atom. The fourth-order valence-electron chi connectivity index (χ4n) is 3.60. The van der Waals surface area contributed by atoms with Gasteiger partial charge in [-0.15, -0.1) is 0 Å². The minimum atomic E-state index is 0.848. The first-order valence-electron chi connectivity index (χ1n) is 8.86. The summed E-state index contributed by atoms with van der Waals surface area (Å²) in [5, 5.41) is 1.22. The van der Waals surface area contributed by atoms with Gasteiger partial charge in [-0.3, -0.25) is 0 Å². The SMILES string of the molecule is Cc1ccc2nc(-c3cn(Cc4ccccc4)c4ccccc34)[nH]c2c1. The number of aryl methyl sites for hydroxylation is 1. The third kappa shape index (κ3) is 2.49. The minimum Gasteiger partial charge on any atom is -0.342 e. The van der Waals surface area contributed by atoms with E-state index in [-0.39, 0.29) is 0 Å². The number of H-pyrrole nitrogens is 1. The zero-order valence-corrected chi connectivity index (χ0v) is 14.6. The molecule has 2 aromatic heterocycles. The molecule has 126 valence electrons. The standard InChI is InChI=1S/C23H19N3/c1-16-11-12-20-21(13-16)25-23(24-20)19-15-26(14-17-7-3-2-4-8-17)22-10-6-5-9-18(19)22/h2-13,15H,14H2,1H3,(H,24,25). The van der Waals surface area contributed by atoms with Gasteiger partial charge in [-0.05, 0) is 36.2 Å². The summed E-state index contributed by atoms with van der Waals surface area (Å²) >= 11 is 0. The molecule has 0 aliphatic carbocycles. The summed E-state index contributed by atoms with van der Waals surface area (Å²) in [6.45, 7) is 2.95. The second kappa shape index (κ2) is 5.88. The number of hydrogen-bond acceptors (Lipinski definition) is 1. The maximum absolute atomic E-state index is 4.83. The second-order valence-electron chi connectivity index (χ2n) is 6.78. The van der Waals surface area contributed by atoms with E-state index in [1.165, 1.54) is 22.0 Å². The number of rotatable bonds is 3. The van der Waals surface area contributed by atoms with E-state index in [1.54, 1.807) is 0 Å². The van der Waals surface area contributed by atoms with Crippen LogP contribution in [-0.2, 0) is 6.54 Å². The smallest absolute Gasteiger partial charge is 0.140 e. The van der Waals surface area contributed by atoms with Gasteiger partial charge in [0.1, 0.15) is 5.82 Å². The van der Waals surface area contributed by atoms with Gasteiger partial charge in [0.2, 0.25) is 0 Å². The molecule has 0 aliphatic heterocycles. The van der Waals surface area contributed by atoms with Crippen molar-refractivity contribution in [2.24, 2.45) is 0 Å². The highest BCUT2D eigenvalue weighted by Crippen LogP contribution is 2.31. The number of aromatic amines is 1. The number of hydrogen-bond donors (Lipinski definition) is 1. The number of benzene rings is 3. The number of fused-ring (bicyclic) bond motifs is 2. The molecule has 0 bridgehead atoms. The molecule has 3 nitrogen and oxygen atoms in total. The number of nitrogens with one attached hydrogen (secondary N) is 1. The maximum atomic E-state index is 4.83. The highest BCUT2D eigenvalue weighted by atomic mass is 15.0. The van der Waals surface area contributed by atoms with Crippen molar-refractivity contribution in [1.29, 1.82) is 0 Å². The van der Waals surface area contributed by atoms with Crippen molar-refractivity contribution in [3.8, 4) is 11.4 Å². The average Bonchev–Trinajstić information content (AvgIpc) is 3.24. The quantitative estimate of drug-likeness (QED) is 0.461. The Bertz CT molecular complexity index is 1210. The molecule has 0 amide bonds. The Morgan fingerprint density at radius 3 is 2.62 bits per heavy atom. The minimum absolute atomic E-state index is 0.848. The van der Waals surface area contributed by atoms with Crippen LogP contribution in [0.3, 0.4) is 0 Å². The predicted octanol–water partition coefficient (Wildman–Crippen LogP) is 5.54. The lowest BCUT2D eigenvalue weighted by molar-refractivity contribution is 0.837. The van der Waals surface area contributed by atoms with Gasteiger partial charge in [-0.1, -0.05) is 54.6 Å². The Hall–Kier alpha value is -3.33. The fraction of sp³-hybridized carbons (Fsp3) is 0.0870. The highest BCUT2D eigenvalue weighted by molar-refractivity contribution is 5.96. The van der Waals surface area contributed by atoms with Gasteiger partial charge in [0.05, 0.1) is 11.0 Å². The molecule has 5 rings (SSSR count). The van der Waals surface area contributed by atoms with Crippen LogP contribution in [0.5, 0.6) is 0 Å². The molecule has 0 atom stereocenters. The van der Waals surface area contributed by atoms with Gasteiger partial charge in [-0.2, -0.15) is 0 Å². The summed E-state index contributed by atoms with van der Waals surface area (Å²) in [4.78, 5) is 8.32. The molecular weight excluding hydrogens is 318 g/mol. The Kier molecular flexibility index (Phi) is 3.39. The van der Waals surface area contributed by atoms with E-state index in [9.17, 15) is 0 Å². The largest absolute Gasteiger partial charge is 0.342 e. The molecule has 1 N–H and O–H groups in total. The summed E-state index contributed by atoms with van der Waals surface area (Å²) in [5.41, 5.74) is 6.98. The fourth-order valence-corrected chi connectivity index (χ4v) is 3.60. The zero-order valence-electron chi connectivity index (χ0n) is 14.6. The van der Waals surface area contributed by atoms with Gasteiger partial charge < -0.3 is 9.55 Å². The second-order valence-corrected chi connectivity index (χ2v) is 6.78. The molecule has 0 fully saturated rings. The molecule has 0 saturated heterocycles. The van der Waals surface area contributed by atoms with E-state index in [0.717, 1.165) is 29.0 Å². The zero-order chi connectivity index (χ0) is 17.5. The van der Waals surface area contributed by atoms with Crippen LogP contribution in [0, 0.1) is 6.92 Å². The molecule has 0 saturated carbocycles. The van der Waals surface area contributed by atoms with Crippen LogP contribution in [0.2, 0.25) is 0 Å². The molecule has 2 heterocycles. The number of aromatic nitrogens is 3. The van der Waals surface area contributed by atoms with Crippen LogP contribution >= 0.6 is 0 Å². The van der Waals surface area contributed by atoms with Crippen LogP contribution in [0.25, 0.3) is 33.3 Å². The van der Waals surface area contributed by atoms with Gasteiger partial charge in [0.15, 0.2) is 0 Å². The van der Waals surface area contributed by atoms with Gasteiger partial charge in [0.25, 0.3) is 0 Å². The molecule has 3 aromatic carbocycles. The van der Waals surface area contributed by atoms with E-state index in [1.807, 2.05) is 0 Å². The average molecular weight is 337 g/mol. The summed E-state index contributed by atoms with van der Waals surface area (Å²) in [5.74, 6) is 0.925. The van der Waals surface area contributed by atoms with Crippen LogP contribution in [-0.4, -0.2) is 14.5 Å². The first-order chi connectivity index (χ1) is 12.8. The van der Waals surface area contributed by atoms with Crippen LogP contribution < -0.4 is 0 Å². The number of nitrogens with zero attached hydrogens (tertiary/aromatic N) is 2. The van der Waals surface area contributed by atoms with Crippen molar-refractivity contribution >= 4 is 21.9 Å². The molecule has 0 radical (unpaired) electrons. The molecule has 0 spiro atoms. The van der Waals surface area contributed by atoms with Crippen LogP contribution in [0.4, 0.5) is 0 Å².